The van der Waals surface area contributed by atoms with E-state index in [1.807, 2.05) is 27.7 Å². The van der Waals surface area contributed by atoms with Crippen molar-refractivity contribution in [1.82, 2.24) is 5.32 Å². The molecule has 2 N–H and O–H groups in total. The SMILES string of the molecule is CC.CCC(=O)NC(CC(C)C)C(=O)O. The molecule has 0 fully saturated rings. The number of nitrogens with one attached hydrogen (secondary N) is 1. The van der Waals surface area contributed by atoms with Crippen molar-refractivity contribution in [2.45, 2.75) is 53.5 Å². The van der Waals surface area contributed by atoms with E-state index in [9.17, 15) is 9.59 Å². The van der Waals surface area contributed by atoms with Gasteiger partial charge in [0.2, 0.25) is 5.91 Å². The second kappa shape index (κ2) is 9.49. The van der Waals surface area contributed by atoms with Crippen molar-refractivity contribution in [2.24, 2.45) is 5.92 Å². The lowest BCUT2D eigenvalue weighted by Gasteiger charge is -2.15. The Morgan fingerprint density at radius 3 is 2.00 bits per heavy atom. The lowest BCUT2D eigenvalue weighted by molar-refractivity contribution is -0.142. The monoisotopic (exact) mass is 217 g/mol. The molecule has 0 aliphatic heterocycles. The first-order valence-electron chi connectivity index (χ1n) is 5.49. The summed E-state index contributed by atoms with van der Waals surface area (Å²) in [4.78, 5) is 21.6. The maximum absolute atomic E-state index is 10.9. The summed E-state index contributed by atoms with van der Waals surface area (Å²) in [6.07, 6.45) is 0.795. The van der Waals surface area contributed by atoms with Crippen LogP contribution in [0, 0.1) is 5.92 Å². The molecular formula is C11H23NO3. The van der Waals surface area contributed by atoms with Crippen molar-refractivity contribution in [3.63, 3.8) is 0 Å². The molecule has 0 saturated carbocycles. The summed E-state index contributed by atoms with van der Waals surface area (Å²) in [6, 6.07) is -0.743. The van der Waals surface area contributed by atoms with Crippen molar-refractivity contribution in [1.29, 1.82) is 0 Å². The van der Waals surface area contributed by atoms with Gasteiger partial charge >= 0.3 is 5.97 Å². The molecule has 15 heavy (non-hydrogen) atoms. The highest BCUT2D eigenvalue weighted by molar-refractivity contribution is 5.83. The third-order valence-corrected chi connectivity index (χ3v) is 1.66. The zero-order chi connectivity index (χ0) is 12.4. The van der Waals surface area contributed by atoms with Gasteiger partial charge in [0.05, 0.1) is 0 Å². The van der Waals surface area contributed by atoms with Gasteiger partial charge in [0.25, 0.3) is 0 Å². The summed E-state index contributed by atoms with van der Waals surface area (Å²) in [5, 5.41) is 11.2. The zero-order valence-corrected chi connectivity index (χ0v) is 10.3. The van der Waals surface area contributed by atoms with Crippen LogP contribution in [0.25, 0.3) is 0 Å². The molecule has 90 valence electrons. The Hall–Kier alpha value is -1.06. The van der Waals surface area contributed by atoms with Crippen LogP contribution in [-0.2, 0) is 9.59 Å². The highest BCUT2D eigenvalue weighted by Gasteiger charge is 2.19. The van der Waals surface area contributed by atoms with E-state index in [4.69, 9.17) is 5.11 Å². The normalized spacial score (nSPS) is 11.3. The van der Waals surface area contributed by atoms with Crippen LogP contribution < -0.4 is 5.32 Å². The van der Waals surface area contributed by atoms with E-state index < -0.39 is 12.0 Å². The Morgan fingerprint density at radius 2 is 1.73 bits per heavy atom. The third-order valence-electron chi connectivity index (χ3n) is 1.66. The molecule has 1 atom stereocenters. The number of carboxylic acids is 1. The maximum Gasteiger partial charge on any atom is 0.326 e. The molecule has 0 saturated heterocycles. The quantitative estimate of drug-likeness (QED) is 0.740. The van der Waals surface area contributed by atoms with Crippen LogP contribution in [0.2, 0.25) is 0 Å². The number of hydrogen-bond acceptors (Lipinski definition) is 2. The topological polar surface area (TPSA) is 66.4 Å². The van der Waals surface area contributed by atoms with Gasteiger partial charge in [-0.25, -0.2) is 4.79 Å². The molecule has 0 aliphatic carbocycles. The second-order valence-corrected chi connectivity index (χ2v) is 3.44. The van der Waals surface area contributed by atoms with Crippen LogP contribution in [0.15, 0.2) is 0 Å². The molecular weight excluding hydrogens is 194 g/mol. The number of amides is 1. The van der Waals surface area contributed by atoms with Crippen LogP contribution in [0.5, 0.6) is 0 Å². The van der Waals surface area contributed by atoms with E-state index in [2.05, 4.69) is 5.32 Å². The fraction of sp³-hybridized carbons (Fsp3) is 0.818. The molecule has 4 nitrogen and oxygen atoms in total. The van der Waals surface area contributed by atoms with Crippen molar-refractivity contribution in [3.05, 3.63) is 0 Å². The summed E-state index contributed by atoms with van der Waals surface area (Å²) >= 11 is 0. The first-order chi connectivity index (χ1) is 6.97. The number of aliphatic carboxylic acids is 1. The summed E-state index contributed by atoms with van der Waals surface area (Å²) < 4.78 is 0. The van der Waals surface area contributed by atoms with E-state index >= 15 is 0 Å². The van der Waals surface area contributed by atoms with Gasteiger partial charge in [-0.15, -0.1) is 0 Å². The molecule has 4 heteroatoms. The highest BCUT2D eigenvalue weighted by Crippen LogP contribution is 2.04. The van der Waals surface area contributed by atoms with Crippen molar-refractivity contribution in [3.8, 4) is 0 Å². The van der Waals surface area contributed by atoms with Crippen LogP contribution in [0.3, 0.4) is 0 Å². The Labute approximate surface area is 92.1 Å². The number of rotatable bonds is 5. The molecule has 0 aromatic carbocycles. The summed E-state index contributed by atoms with van der Waals surface area (Å²) in [6.45, 7) is 9.55. The van der Waals surface area contributed by atoms with Gasteiger partial charge < -0.3 is 10.4 Å². The standard InChI is InChI=1S/C9H17NO3.C2H6/c1-4-8(11)10-7(9(12)13)5-6(2)3;1-2/h6-7H,4-5H2,1-3H3,(H,10,11)(H,12,13);1-2H3. The fourth-order valence-electron chi connectivity index (χ4n) is 0.989. The molecule has 0 radical (unpaired) electrons. The highest BCUT2D eigenvalue weighted by atomic mass is 16.4. The molecule has 1 unspecified atom stereocenters. The molecule has 1 amide bonds. The number of carbonyl (C=O) groups is 2. The van der Waals surface area contributed by atoms with Crippen LogP contribution in [-0.4, -0.2) is 23.0 Å². The largest absolute Gasteiger partial charge is 0.480 e. The molecule has 0 spiro atoms. The van der Waals surface area contributed by atoms with Crippen LogP contribution >= 0.6 is 0 Å². The molecule has 0 rings (SSSR count). The molecule has 0 bridgehead atoms. The van der Waals surface area contributed by atoms with E-state index in [-0.39, 0.29) is 11.8 Å². The summed E-state index contributed by atoms with van der Waals surface area (Å²) in [5.41, 5.74) is 0. The first-order valence-corrected chi connectivity index (χ1v) is 5.49. The smallest absolute Gasteiger partial charge is 0.326 e. The minimum Gasteiger partial charge on any atom is -0.480 e. The van der Waals surface area contributed by atoms with Crippen molar-refractivity contribution >= 4 is 11.9 Å². The molecule has 0 aliphatic rings. The maximum atomic E-state index is 10.9. The van der Waals surface area contributed by atoms with Crippen molar-refractivity contribution < 1.29 is 14.7 Å². The van der Waals surface area contributed by atoms with Gasteiger partial charge in [-0.1, -0.05) is 34.6 Å². The lowest BCUT2D eigenvalue weighted by atomic mass is 10.0. The van der Waals surface area contributed by atoms with E-state index in [0.29, 0.717) is 12.8 Å². The molecule has 0 aromatic rings. The predicted molar refractivity (Wildman–Crippen MR) is 60.7 cm³/mol. The Morgan fingerprint density at radius 1 is 1.27 bits per heavy atom. The first kappa shape index (κ1) is 16.4. The number of carboxylic acid groups (broad SMARTS) is 1. The molecule has 0 aromatic heterocycles. The van der Waals surface area contributed by atoms with E-state index in [0.717, 1.165) is 0 Å². The van der Waals surface area contributed by atoms with Crippen LogP contribution in [0.1, 0.15) is 47.5 Å². The van der Waals surface area contributed by atoms with Gasteiger partial charge in [0.1, 0.15) is 6.04 Å². The van der Waals surface area contributed by atoms with Gasteiger partial charge in [-0.2, -0.15) is 0 Å². The fourth-order valence-corrected chi connectivity index (χ4v) is 0.989. The van der Waals surface area contributed by atoms with Gasteiger partial charge in [0.15, 0.2) is 0 Å². The second-order valence-electron chi connectivity index (χ2n) is 3.44. The summed E-state index contributed by atoms with van der Waals surface area (Å²) in [7, 11) is 0. The minimum absolute atomic E-state index is 0.215. The molecule has 0 heterocycles. The van der Waals surface area contributed by atoms with Crippen molar-refractivity contribution in [2.75, 3.05) is 0 Å². The zero-order valence-electron chi connectivity index (χ0n) is 10.3. The minimum atomic E-state index is -0.962. The predicted octanol–water partition coefficient (Wildman–Crippen LogP) is 2.04. The average molecular weight is 217 g/mol. The average Bonchev–Trinajstić information content (AvgIpc) is 2.18. The van der Waals surface area contributed by atoms with Gasteiger partial charge in [-0.05, 0) is 12.3 Å². The summed E-state index contributed by atoms with van der Waals surface area (Å²) in [5.74, 6) is -0.915. The van der Waals surface area contributed by atoms with E-state index in [1.54, 1.807) is 6.92 Å². The van der Waals surface area contributed by atoms with E-state index in [1.165, 1.54) is 0 Å². The van der Waals surface area contributed by atoms with Gasteiger partial charge in [-0.3, -0.25) is 4.79 Å². The Balaban J connectivity index is 0. The lowest BCUT2D eigenvalue weighted by Crippen LogP contribution is -2.41. The number of carbonyl (C=O) groups excluding carboxylic acids is 1. The van der Waals surface area contributed by atoms with Gasteiger partial charge in [0, 0.05) is 6.42 Å². The Bertz CT molecular complexity index is 190. The third kappa shape index (κ3) is 9.25. The Kier molecular flexibility index (Phi) is 10.4. The van der Waals surface area contributed by atoms with Crippen LogP contribution in [0.4, 0.5) is 0 Å². The number of hydrogen-bond donors (Lipinski definition) is 2.